The minimum absolute atomic E-state index is 0.351. The van der Waals surface area contributed by atoms with Crippen molar-refractivity contribution in [2.75, 3.05) is 50.7 Å². The van der Waals surface area contributed by atoms with E-state index in [9.17, 15) is 4.79 Å². The highest BCUT2D eigenvalue weighted by Crippen LogP contribution is 2.23. The SMILES string of the molecule is O=C(CCC1CCN(CCCn2cccn2)CC1)N1CCN(c2ccccc2)CC1. The van der Waals surface area contributed by atoms with E-state index >= 15 is 0 Å². The molecule has 4 rings (SSSR count). The first-order chi connectivity index (χ1) is 14.8. The van der Waals surface area contributed by atoms with Crippen LogP contribution in [0.4, 0.5) is 5.69 Å². The highest BCUT2D eigenvalue weighted by atomic mass is 16.2. The first-order valence-electron chi connectivity index (χ1n) is 11.6. The van der Waals surface area contributed by atoms with Crippen molar-refractivity contribution in [2.45, 2.75) is 38.6 Å². The Morgan fingerprint density at radius 3 is 2.40 bits per heavy atom. The molecule has 0 N–H and O–H groups in total. The Morgan fingerprint density at radius 2 is 1.70 bits per heavy atom. The van der Waals surface area contributed by atoms with E-state index in [0.29, 0.717) is 11.8 Å². The number of piperazine rings is 1. The summed E-state index contributed by atoms with van der Waals surface area (Å²) in [6.07, 6.45) is 9.27. The van der Waals surface area contributed by atoms with Crippen LogP contribution in [0.5, 0.6) is 0 Å². The van der Waals surface area contributed by atoms with Crippen molar-refractivity contribution in [1.29, 1.82) is 0 Å². The normalized spacial score (nSPS) is 18.7. The average Bonchev–Trinajstić information content (AvgIpc) is 3.33. The molecule has 2 aliphatic rings. The number of aromatic nitrogens is 2. The zero-order chi connectivity index (χ0) is 20.6. The predicted molar refractivity (Wildman–Crippen MR) is 120 cm³/mol. The third-order valence-electron chi connectivity index (χ3n) is 6.65. The van der Waals surface area contributed by atoms with Gasteiger partial charge in [0.15, 0.2) is 0 Å². The van der Waals surface area contributed by atoms with Gasteiger partial charge in [0.2, 0.25) is 5.91 Å². The van der Waals surface area contributed by atoms with Crippen LogP contribution < -0.4 is 4.90 Å². The number of piperidine rings is 1. The Hall–Kier alpha value is -2.34. The van der Waals surface area contributed by atoms with E-state index in [-0.39, 0.29) is 0 Å². The Kier molecular flexibility index (Phi) is 7.40. The number of hydrogen-bond acceptors (Lipinski definition) is 4. The Balaban J connectivity index is 1.09. The molecule has 0 bridgehead atoms. The molecule has 0 spiro atoms. The lowest BCUT2D eigenvalue weighted by Crippen LogP contribution is -2.48. The standard InChI is InChI=1S/C24H35N5O/c30-24(28-20-18-27(19-21-28)23-6-2-1-3-7-23)9-8-22-10-16-26(17-11-22)13-5-15-29-14-4-12-25-29/h1-4,6-7,12,14,22H,5,8-11,13,15-21H2. The lowest BCUT2D eigenvalue weighted by Gasteiger charge is -2.36. The summed E-state index contributed by atoms with van der Waals surface area (Å²) in [7, 11) is 0. The summed E-state index contributed by atoms with van der Waals surface area (Å²) in [6, 6.07) is 12.5. The summed E-state index contributed by atoms with van der Waals surface area (Å²) in [5, 5.41) is 4.27. The predicted octanol–water partition coefficient (Wildman–Crippen LogP) is 3.11. The molecule has 0 radical (unpaired) electrons. The highest BCUT2D eigenvalue weighted by Gasteiger charge is 2.24. The molecule has 0 unspecified atom stereocenters. The van der Waals surface area contributed by atoms with Crippen molar-refractivity contribution < 1.29 is 4.79 Å². The fourth-order valence-electron chi connectivity index (χ4n) is 4.73. The maximum atomic E-state index is 12.7. The molecular formula is C24H35N5O. The van der Waals surface area contributed by atoms with E-state index in [1.165, 1.54) is 31.6 Å². The molecule has 3 heterocycles. The van der Waals surface area contributed by atoms with Gasteiger partial charge in [-0.15, -0.1) is 0 Å². The van der Waals surface area contributed by atoms with E-state index < -0.39 is 0 Å². The molecule has 0 saturated carbocycles. The van der Waals surface area contributed by atoms with Crippen molar-refractivity contribution in [3.8, 4) is 0 Å². The fourth-order valence-corrected chi connectivity index (χ4v) is 4.73. The first kappa shape index (κ1) is 20.9. The van der Waals surface area contributed by atoms with E-state index in [2.05, 4.69) is 50.1 Å². The molecule has 0 atom stereocenters. The molecule has 2 fully saturated rings. The minimum Gasteiger partial charge on any atom is -0.368 e. The maximum absolute atomic E-state index is 12.7. The zero-order valence-electron chi connectivity index (χ0n) is 18.0. The second-order valence-electron chi connectivity index (χ2n) is 8.65. The highest BCUT2D eigenvalue weighted by molar-refractivity contribution is 5.76. The van der Waals surface area contributed by atoms with Crippen molar-refractivity contribution in [2.24, 2.45) is 5.92 Å². The van der Waals surface area contributed by atoms with Crippen molar-refractivity contribution >= 4 is 11.6 Å². The molecule has 1 amide bonds. The number of hydrogen-bond donors (Lipinski definition) is 0. The van der Waals surface area contributed by atoms with Crippen LogP contribution in [-0.2, 0) is 11.3 Å². The maximum Gasteiger partial charge on any atom is 0.222 e. The molecule has 2 aliphatic heterocycles. The molecule has 2 saturated heterocycles. The molecule has 162 valence electrons. The number of para-hydroxylation sites is 1. The van der Waals surface area contributed by atoms with E-state index in [4.69, 9.17) is 0 Å². The van der Waals surface area contributed by atoms with E-state index in [1.807, 2.05) is 23.1 Å². The second-order valence-corrected chi connectivity index (χ2v) is 8.65. The van der Waals surface area contributed by atoms with Crippen molar-refractivity contribution in [3.05, 3.63) is 48.8 Å². The number of benzene rings is 1. The Morgan fingerprint density at radius 1 is 0.933 bits per heavy atom. The van der Waals surface area contributed by atoms with Gasteiger partial charge in [-0.05, 0) is 69.4 Å². The molecule has 1 aromatic carbocycles. The largest absolute Gasteiger partial charge is 0.368 e. The van der Waals surface area contributed by atoms with Gasteiger partial charge in [0, 0.05) is 57.2 Å². The number of nitrogens with zero attached hydrogens (tertiary/aromatic N) is 5. The van der Waals surface area contributed by atoms with Crippen LogP contribution in [0.2, 0.25) is 0 Å². The van der Waals surface area contributed by atoms with Crippen LogP contribution in [0.1, 0.15) is 32.1 Å². The van der Waals surface area contributed by atoms with Gasteiger partial charge < -0.3 is 14.7 Å². The van der Waals surface area contributed by atoms with Gasteiger partial charge in [0.25, 0.3) is 0 Å². The number of rotatable bonds is 8. The van der Waals surface area contributed by atoms with Crippen LogP contribution in [0, 0.1) is 5.92 Å². The second kappa shape index (κ2) is 10.6. The third kappa shape index (κ3) is 5.85. The van der Waals surface area contributed by atoms with Gasteiger partial charge in [-0.3, -0.25) is 9.48 Å². The quantitative estimate of drug-likeness (QED) is 0.672. The number of likely N-dealkylation sites (tertiary alicyclic amines) is 1. The van der Waals surface area contributed by atoms with Crippen LogP contribution >= 0.6 is 0 Å². The average molecular weight is 410 g/mol. The van der Waals surface area contributed by atoms with Gasteiger partial charge in [-0.1, -0.05) is 18.2 Å². The molecular weight excluding hydrogens is 374 g/mol. The number of anilines is 1. The third-order valence-corrected chi connectivity index (χ3v) is 6.65. The molecule has 6 nitrogen and oxygen atoms in total. The molecule has 0 aliphatic carbocycles. The summed E-state index contributed by atoms with van der Waals surface area (Å²) >= 11 is 0. The van der Waals surface area contributed by atoms with Gasteiger partial charge in [-0.25, -0.2) is 0 Å². The van der Waals surface area contributed by atoms with Gasteiger partial charge in [-0.2, -0.15) is 5.10 Å². The van der Waals surface area contributed by atoms with Gasteiger partial charge in [0.1, 0.15) is 0 Å². The van der Waals surface area contributed by atoms with Crippen LogP contribution in [-0.4, -0.2) is 71.3 Å². The van der Waals surface area contributed by atoms with Crippen LogP contribution in [0.25, 0.3) is 0 Å². The monoisotopic (exact) mass is 409 g/mol. The van der Waals surface area contributed by atoms with E-state index in [0.717, 1.165) is 58.5 Å². The summed E-state index contributed by atoms with van der Waals surface area (Å²) < 4.78 is 2.01. The summed E-state index contributed by atoms with van der Waals surface area (Å²) in [5.41, 5.74) is 1.26. The number of carbonyl (C=O) groups excluding carboxylic acids is 1. The zero-order valence-corrected chi connectivity index (χ0v) is 18.0. The van der Waals surface area contributed by atoms with Gasteiger partial charge in [0.05, 0.1) is 0 Å². The fraction of sp³-hybridized carbons (Fsp3) is 0.583. The summed E-state index contributed by atoms with van der Waals surface area (Å²) in [6.45, 7) is 8.07. The summed E-state index contributed by atoms with van der Waals surface area (Å²) in [5.74, 6) is 1.06. The Bertz CT molecular complexity index is 747. The number of aryl methyl sites for hydroxylation is 1. The lowest BCUT2D eigenvalue weighted by atomic mass is 9.92. The van der Waals surface area contributed by atoms with Gasteiger partial charge >= 0.3 is 0 Å². The summed E-state index contributed by atoms with van der Waals surface area (Å²) in [4.78, 5) is 19.7. The molecule has 6 heteroatoms. The Labute approximate surface area is 180 Å². The van der Waals surface area contributed by atoms with Crippen molar-refractivity contribution in [3.63, 3.8) is 0 Å². The van der Waals surface area contributed by atoms with Crippen LogP contribution in [0.3, 0.4) is 0 Å². The topological polar surface area (TPSA) is 44.6 Å². The molecule has 2 aromatic rings. The molecule has 30 heavy (non-hydrogen) atoms. The van der Waals surface area contributed by atoms with Crippen molar-refractivity contribution in [1.82, 2.24) is 19.6 Å². The number of carbonyl (C=O) groups is 1. The lowest BCUT2D eigenvalue weighted by molar-refractivity contribution is -0.131. The van der Waals surface area contributed by atoms with Crippen LogP contribution in [0.15, 0.2) is 48.8 Å². The smallest absolute Gasteiger partial charge is 0.222 e. The number of amides is 1. The first-order valence-corrected chi connectivity index (χ1v) is 11.6. The minimum atomic E-state index is 0.351. The van der Waals surface area contributed by atoms with E-state index in [1.54, 1.807) is 0 Å². The molecule has 1 aromatic heterocycles.